The number of nitrogens with one attached hydrogen (secondary N) is 4. The van der Waals surface area contributed by atoms with Crippen molar-refractivity contribution in [3.63, 3.8) is 0 Å². The van der Waals surface area contributed by atoms with Crippen molar-refractivity contribution in [1.82, 2.24) is 25.6 Å². The molecule has 0 atom stereocenters. The second-order valence-electron chi connectivity index (χ2n) is 5.57. The third-order valence-electron chi connectivity index (χ3n) is 3.47. The van der Waals surface area contributed by atoms with E-state index in [1.54, 1.807) is 0 Å². The van der Waals surface area contributed by atoms with Crippen LogP contribution in [0, 0.1) is 0 Å². The van der Waals surface area contributed by atoms with Gasteiger partial charge in [-0.05, 0) is 23.3 Å². The summed E-state index contributed by atoms with van der Waals surface area (Å²) in [6, 6.07) is 7.60. The maximum absolute atomic E-state index is 9.68. The van der Waals surface area contributed by atoms with Crippen LogP contribution in [0.5, 0.6) is 6.01 Å². The van der Waals surface area contributed by atoms with Gasteiger partial charge in [0.1, 0.15) is 0 Å². The van der Waals surface area contributed by atoms with Gasteiger partial charge in [-0.2, -0.15) is 15.0 Å². The van der Waals surface area contributed by atoms with Crippen LogP contribution in [-0.4, -0.2) is 46.2 Å². The van der Waals surface area contributed by atoms with Crippen molar-refractivity contribution in [2.45, 2.75) is 6.54 Å². The smallest absolute Gasteiger partial charge is 0.320 e. The second kappa shape index (κ2) is 7.71. The molecule has 4 bridgehead atoms. The summed E-state index contributed by atoms with van der Waals surface area (Å²) in [5, 5.41) is 22.5. The van der Waals surface area contributed by atoms with Gasteiger partial charge < -0.3 is 26.4 Å². The molecule has 1 aromatic heterocycles. The average Bonchev–Trinajstić information content (AvgIpc) is 2.53. The summed E-state index contributed by atoms with van der Waals surface area (Å²) in [5.74, 6) is 0.624. The fourth-order valence-electron chi connectivity index (χ4n) is 2.36. The quantitative estimate of drug-likeness (QED) is 0.456. The Morgan fingerprint density at radius 2 is 1.79 bits per heavy atom. The predicted molar refractivity (Wildman–Crippen MR) is 93.4 cm³/mol. The maximum atomic E-state index is 9.68. The zero-order chi connectivity index (χ0) is 16.8. The normalized spacial score (nSPS) is 16.1. The highest BCUT2D eigenvalue weighted by Gasteiger charge is 2.07. The number of aromatic nitrogens is 3. The summed E-state index contributed by atoms with van der Waals surface area (Å²) in [7, 11) is 0. The van der Waals surface area contributed by atoms with E-state index in [4.69, 9.17) is 0 Å². The first-order valence-corrected chi connectivity index (χ1v) is 7.82. The van der Waals surface area contributed by atoms with Crippen LogP contribution in [-0.2, 0) is 6.54 Å². The Kier molecular flexibility index (Phi) is 5.19. The van der Waals surface area contributed by atoms with Crippen LogP contribution in [0.15, 0.2) is 36.4 Å². The Morgan fingerprint density at radius 3 is 2.71 bits per heavy atom. The molecule has 0 amide bonds. The van der Waals surface area contributed by atoms with Crippen LogP contribution in [0.2, 0.25) is 0 Å². The molecule has 126 valence electrons. The van der Waals surface area contributed by atoms with Crippen LogP contribution in [0.1, 0.15) is 5.56 Å². The van der Waals surface area contributed by atoms with Gasteiger partial charge in [0.25, 0.3) is 0 Å². The first-order chi connectivity index (χ1) is 11.7. The van der Waals surface area contributed by atoms with Gasteiger partial charge in [-0.1, -0.05) is 18.7 Å². The molecule has 1 aliphatic heterocycles. The molecule has 0 radical (unpaired) electrons. The molecule has 1 aromatic carbocycles. The molecular weight excluding hydrogens is 306 g/mol. The molecule has 0 unspecified atom stereocenters. The lowest BCUT2D eigenvalue weighted by Gasteiger charge is -2.13. The van der Waals surface area contributed by atoms with Crippen molar-refractivity contribution < 1.29 is 5.11 Å². The fraction of sp³-hybridized carbons (Fsp3) is 0.312. The molecule has 2 heterocycles. The van der Waals surface area contributed by atoms with Crippen LogP contribution in [0.25, 0.3) is 0 Å². The number of fused-ring (bicyclic) bond motifs is 4. The number of rotatable bonds is 0. The highest BCUT2D eigenvalue weighted by atomic mass is 16.3. The molecule has 8 heteroatoms. The maximum Gasteiger partial charge on any atom is 0.320 e. The number of aromatic hydroxyl groups is 1. The minimum absolute atomic E-state index is 0.295. The zero-order valence-electron chi connectivity index (χ0n) is 13.3. The van der Waals surface area contributed by atoms with Gasteiger partial charge in [0.05, 0.1) is 0 Å². The van der Waals surface area contributed by atoms with Crippen LogP contribution < -0.4 is 21.3 Å². The van der Waals surface area contributed by atoms with Crippen molar-refractivity contribution >= 4 is 17.6 Å². The number of benzene rings is 1. The Morgan fingerprint density at radius 1 is 0.958 bits per heavy atom. The van der Waals surface area contributed by atoms with E-state index in [1.807, 2.05) is 24.3 Å². The molecule has 2 aromatic rings. The molecular formula is C16H21N7O. The monoisotopic (exact) mass is 327 g/mol. The fourth-order valence-corrected chi connectivity index (χ4v) is 2.36. The minimum atomic E-state index is -0.324. The third-order valence-corrected chi connectivity index (χ3v) is 3.47. The van der Waals surface area contributed by atoms with Gasteiger partial charge in [-0.25, -0.2) is 0 Å². The number of hydrogen-bond donors (Lipinski definition) is 5. The van der Waals surface area contributed by atoms with E-state index < -0.39 is 0 Å². The third kappa shape index (κ3) is 4.64. The van der Waals surface area contributed by atoms with Gasteiger partial charge >= 0.3 is 6.01 Å². The van der Waals surface area contributed by atoms with E-state index >= 15 is 0 Å². The number of anilines is 3. The van der Waals surface area contributed by atoms with Crippen molar-refractivity contribution in [1.29, 1.82) is 0 Å². The molecule has 0 spiro atoms. The lowest BCUT2D eigenvalue weighted by atomic mass is 10.2. The standard InChI is InChI=1S/C16H21N7O/c1-11-8-17-5-6-19-14-21-15(23-16(24)22-14)20-13-4-2-3-12(7-13)10-18-9-11/h2-4,7,17-18H,1,5-6,8-10H2,(H3,19,20,21,22,23,24). The molecule has 0 fully saturated rings. The van der Waals surface area contributed by atoms with Gasteiger partial charge in [0, 0.05) is 38.4 Å². The van der Waals surface area contributed by atoms with Crippen LogP contribution >= 0.6 is 0 Å². The van der Waals surface area contributed by atoms with Gasteiger partial charge in [-0.15, -0.1) is 0 Å². The Hall–Kier alpha value is -2.71. The first kappa shape index (κ1) is 16.2. The summed E-state index contributed by atoms with van der Waals surface area (Å²) in [5.41, 5.74) is 3.07. The molecule has 0 aliphatic carbocycles. The molecule has 5 N–H and O–H groups in total. The number of hydrogen-bond acceptors (Lipinski definition) is 8. The van der Waals surface area contributed by atoms with E-state index in [1.165, 1.54) is 0 Å². The topological polar surface area (TPSA) is 107 Å². The largest absolute Gasteiger partial charge is 0.479 e. The van der Waals surface area contributed by atoms with Crippen molar-refractivity contribution in [3.05, 3.63) is 42.0 Å². The summed E-state index contributed by atoms with van der Waals surface area (Å²) in [4.78, 5) is 12.1. The summed E-state index contributed by atoms with van der Waals surface area (Å²) in [6.45, 7) is 7.65. The first-order valence-electron chi connectivity index (χ1n) is 7.82. The molecule has 1 aliphatic rings. The van der Waals surface area contributed by atoms with Gasteiger partial charge in [-0.3, -0.25) is 0 Å². The molecule has 0 saturated carbocycles. The van der Waals surface area contributed by atoms with E-state index in [9.17, 15) is 5.11 Å². The van der Waals surface area contributed by atoms with Crippen molar-refractivity contribution in [2.75, 3.05) is 36.8 Å². The lowest BCUT2D eigenvalue weighted by Crippen LogP contribution is -2.28. The SMILES string of the molecule is C=C1CNCCNc2nc(O)nc(n2)Nc2cccc(c2)CNC1. The Bertz CT molecular complexity index is 719. The number of nitrogens with zero attached hydrogens (tertiary/aromatic N) is 3. The highest BCUT2D eigenvalue weighted by molar-refractivity contribution is 5.55. The van der Waals surface area contributed by atoms with Crippen molar-refractivity contribution in [3.8, 4) is 6.01 Å². The van der Waals surface area contributed by atoms with E-state index in [0.29, 0.717) is 18.4 Å². The van der Waals surface area contributed by atoms with Gasteiger partial charge in [0.2, 0.25) is 11.9 Å². The van der Waals surface area contributed by atoms with Crippen molar-refractivity contribution in [2.24, 2.45) is 0 Å². The van der Waals surface area contributed by atoms with Gasteiger partial charge in [0.15, 0.2) is 0 Å². The lowest BCUT2D eigenvalue weighted by molar-refractivity contribution is 0.430. The van der Waals surface area contributed by atoms with E-state index in [-0.39, 0.29) is 6.01 Å². The van der Waals surface area contributed by atoms with E-state index in [0.717, 1.165) is 43.0 Å². The summed E-state index contributed by atoms with van der Waals surface area (Å²) in [6.07, 6.45) is 0. The minimum Gasteiger partial charge on any atom is -0.479 e. The van der Waals surface area contributed by atoms with Crippen LogP contribution in [0.3, 0.4) is 0 Å². The molecule has 24 heavy (non-hydrogen) atoms. The summed E-state index contributed by atoms with van der Waals surface area (Å²) >= 11 is 0. The second-order valence-corrected chi connectivity index (χ2v) is 5.57. The molecule has 8 nitrogen and oxygen atoms in total. The molecule has 3 rings (SSSR count). The molecule has 0 saturated heterocycles. The average molecular weight is 327 g/mol. The Balaban J connectivity index is 1.83. The van der Waals surface area contributed by atoms with E-state index in [2.05, 4.69) is 42.8 Å². The predicted octanol–water partition coefficient (Wildman–Crippen LogP) is 0.982. The Labute approximate surface area is 140 Å². The summed E-state index contributed by atoms with van der Waals surface area (Å²) < 4.78 is 0. The zero-order valence-corrected chi connectivity index (χ0v) is 13.3. The van der Waals surface area contributed by atoms with Crippen LogP contribution in [0.4, 0.5) is 17.6 Å². The highest BCUT2D eigenvalue weighted by Crippen LogP contribution is 2.17.